The molecular weight excluding hydrogens is 468 g/mol. The van der Waals surface area contributed by atoms with Crippen LogP contribution in [-0.2, 0) is 35.2 Å². The first-order valence-electron chi connectivity index (χ1n) is 10.6. The quantitative estimate of drug-likeness (QED) is 0.129. The van der Waals surface area contributed by atoms with Gasteiger partial charge in [0.15, 0.2) is 0 Å². The fourth-order valence-electron chi connectivity index (χ4n) is 2.97. The number of aliphatic carboxylic acids is 3. The molecule has 0 radical (unpaired) electrons. The lowest BCUT2D eigenvalue weighted by Crippen LogP contribution is -2.58. The summed E-state index contributed by atoms with van der Waals surface area (Å²) in [6.45, 7) is 3.09. The van der Waals surface area contributed by atoms with Crippen LogP contribution in [0.3, 0.4) is 0 Å². The molecule has 0 spiro atoms. The number of H-pyrrole nitrogens is 1. The molecule has 0 aliphatic rings. The number of nitrogens with one attached hydrogen (secondary N) is 4. The van der Waals surface area contributed by atoms with Crippen LogP contribution in [0.1, 0.15) is 38.8 Å². The largest absolute Gasteiger partial charge is 0.481 e. The van der Waals surface area contributed by atoms with E-state index in [2.05, 4.69) is 25.9 Å². The third-order valence-corrected chi connectivity index (χ3v) is 4.85. The zero-order valence-corrected chi connectivity index (χ0v) is 19.2. The van der Waals surface area contributed by atoms with Crippen molar-refractivity contribution in [3.63, 3.8) is 0 Å². The van der Waals surface area contributed by atoms with Crippen LogP contribution in [0, 0.1) is 5.92 Å². The average Bonchev–Trinajstić information content (AvgIpc) is 3.26. The fourth-order valence-corrected chi connectivity index (χ4v) is 2.97. The minimum Gasteiger partial charge on any atom is -0.481 e. The molecule has 0 aliphatic heterocycles. The lowest BCUT2D eigenvalue weighted by atomic mass is 10.0. The Morgan fingerprint density at radius 2 is 1.57 bits per heavy atom. The van der Waals surface area contributed by atoms with Crippen LogP contribution in [0.5, 0.6) is 0 Å². The molecule has 1 heterocycles. The van der Waals surface area contributed by atoms with Crippen LogP contribution < -0.4 is 21.7 Å². The topological polar surface area (TPSA) is 254 Å². The van der Waals surface area contributed by atoms with Crippen LogP contribution in [-0.4, -0.2) is 85.1 Å². The number of hydrogen-bond donors (Lipinski definition) is 8. The Kier molecular flexibility index (Phi) is 11.3. The minimum absolute atomic E-state index is 0.0658. The molecule has 3 amide bonds. The van der Waals surface area contributed by atoms with Gasteiger partial charge in [0.05, 0.1) is 18.8 Å². The smallest absolute Gasteiger partial charge is 0.326 e. The number of nitrogens with zero attached hydrogens (tertiary/aromatic N) is 1. The van der Waals surface area contributed by atoms with E-state index in [1.807, 2.05) is 0 Å². The third kappa shape index (κ3) is 10.2. The normalized spacial score (nSPS) is 14.3. The highest BCUT2D eigenvalue weighted by Gasteiger charge is 2.32. The van der Waals surface area contributed by atoms with Crippen molar-refractivity contribution in [2.75, 3.05) is 0 Å². The van der Waals surface area contributed by atoms with E-state index in [1.165, 1.54) is 12.5 Å². The Hall–Kier alpha value is -4.01. The molecule has 0 fully saturated rings. The first-order chi connectivity index (χ1) is 16.3. The number of carboxylic acids is 3. The standard InChI is InChI=1S/C20H30N6O9/c1-9(2)16(19(33)25-13(20(34)35)6-15(29)30)26-18(32)12(3-4-14(27)28)24-17(31)11(21)5-10-7-22-8-23-10/h7-9,11-13,16H,3-6,21H2,1-2H3,(H,22,23)(H,24,31)(H,25,33)(H,26,32)(H,27,28)(H,29,30)(H,34,35). The number of rotatable bonds is 15. The van der Waals surface area contributed by atoms with Crippen molar-refractivity contribution in [2.45, 2.75) is 63.7 Å². The maximum absolute atomic E-state index is 12.9. The first-order valence-corrected chi connectivity index (χ1v) is 10.6. The van der Waals surface area contributed by atoms with Gasteiger partial charge in [-0.15, -0.1) is 0 Å². The summed E-state index contributed by atoms with van der Waals surface area (Å²) in [6, 6.07) is -5.50. The predicted octanol–water partition coefficient (Wildman–Crippen LogP) is -2.19. The van der Waals surface area contributed by atoms with Crippen LogP contribution in [0.25, 0.3) is 0 Å². The molecule has 0 aliphatic carbocycles. The monoisotopic (exact) mass is 498 g/mol. The van der Waals surface area contributed by atoms with Gasteiger partial charge < -0.3 is 42.0 Å². The van der Waals surface area contributed by atoms with Crippen LogP contribution >= 0.6 is 0 Å². The molecule has 15 heteroatoms. The second-order valence-electron chi connectivity index (χ2n) is 8.11. The molecule has 4 unspecified atom stereocenters. The first kappa shape index (κ1) is 29.0. The lowest BCUT2D eigenvalue weighted by Gasteiger charge is -2.26. The summed E-state index contributed by atoms with van der Waals surface area (Å²) in [5.41, 5.74) is 6.42. The van der Waals surface area contributed by atoms with E-state index in [9.17, 15) is 28.8 Å². The molecule has 194 valence electrons. The summed E-state index contributed by atoms with van der Waals surface area (Å²) in [7, 11) is 0. The Labute approximate surface area is 199 Å². The average molecular weight is 498 g/mol. The van der Waals surface area contributed by atoms with Gasteiger partial charge in [0.1, 0.15) is 18.1 Å². The molecule has 9 N–H and O–H groups in total. The van der Waals surface area contributed by atoms with Crippen molar-refractivity contribution in [2.24, 2.45) is 11.7 Å². The van der Waals surface area contributed by atoms with Gasteiger partial charge in [-0.25, -0.2) is 9.78 Å². The molecule has 15 nitrogen and oxygen atoms in total. The number of aromatic amines is 1. The molecule has 4 atom stereocenters. The maximum Gasteiger partial charge on any atom is 0.326 e. The lowest BCUT2D eigenvalue weighted by molar-refractivity contribution is -0.147. The molecule has 1 rings (SSSR count). The van der Waals surface area contributed by atoms with Crippen molar-refractivity contribution in [3.8, 4) is 0 Å². The van der Waals surface area contributed by atoms with E-state index in [0.29, 0.717) is 5.69 Å². The highest BCUT2D eigenvalue weighted by Crippen LogP contribution is 2.07. The Balaban J connectivity index is 2.95. The van der Waals surface area contributed by atoms with Crippen molar-refractivity contribution < 1.29 is 44.1 Å². The van der Waals surface area contributed by atoms with Gasteiger partial charge in [-0.2, -0.15) is 0 Å². The number of aromatic nitrogens is 2. The predicted molar refractivity (Wildman–Crippen MR) is 118 cm³/mol. The molecule has 1 aromatic rings. The number of amides is 3. The minimum atomic E-state index is -1.74. The van der Waals surface area contributed by atoms with Crippen molar-refractivity contribution in [3.05, 3.63) is 18.2 Å². The van der Waals surface area contributed by atoms with E-state index in [0.717, 1.165) is 0 Å². The molecule has 0 saturated heterocycles. The van der Waals surface area contributed by atoms with Crippen LogP contribution in [0.2, 0.25) is 0 Å². The summed E-state index contributed by atoms with van der Waals surface area (Å²) < 4.78 is 0. The van der Waals surface area contributed by atoms with E-state index in [4.69, 9.17) is 21.1 Å². The van der Waals surface area contributed by atoms with Gasteiger partial charge in [0, 0.05) is 24.7 Å². The van der Waals surface area contributed by atoms with E-state index < -0.39 is 78.6 Å². The zero-order valence-electron chi connectivity index (χ0n) is 19.2. The van der Waals surface area contributed by atoms with Crippen molar-refractivity contribution in [1.82, 2.24) is 25.9 Å². The second kappa shape index (κ2) is 13.6. The van der Waals surface area contributed by atoms with E-state index in [1.54, 1.807) is 13.8 Å². The number of hydrogen-bond acceptors (Lipinski definition) is 8. The highest BCUT2D eigenvalue weighted by molar-refractivity contribution is 5.95. The van der Waals surface area contributed by atoms with Gasteiger partial charge in [0.2, 0.25) is 17.7 Å². The number of carbonyl (C=O) groups excluding carboxylic acids is 3. The van der Waals surface area contributed by atoms with Crippen molar-refractivity contribution in [1.29, 1.82) is 0 Å². The molecule has 35 heavy (non-hydrogen) atoms. The Morgan fingerprint density at radius 3 is 2.06 bits per heavy atom. The number of imidazole rings is 1. The molecule has 0 aromatic carbocycles. The third-order valence-electron chi connectivity index (χ3n) is 4.85. The summed E-state index contributed by atoms with van der Waals surface area (Å²) in [5, 5.41) is 33.8. The van der Waals surface area contributed by atoms with Crippen LogP contribution in [0.15, 0.2) is 12.5 Å². The van der Waals surface area contributed by atoms with Crippen molar-refractivity contribution >= 4 is 35.6 Å². The summed E-state index contributed by atoms with van der Waals surface area (Å²) in [6.07, 6.45) is 1.24. The number of carbonyl (C=O) groups is 6. The molecule has 1 aromatic heterocycles. The summed E-state index contributed by atoms with van der Waals surface area (Å²) >= 11 is 0. The summed E-state index contributed by atoms with van der Waals surface area (Å²) in [4.78, 5) is 77.7. The highest BCUT2D eigenvalue weighted by atomic mass is 16.4. The Bertz CT molecular complexity index is 918. The number of carboxylic acid groups (broad SMARTS) is 3. The van der Waals surface area contributed by atoms with E-state index >= 15 is 0 Å². The van der Waals surface area contributed by atoms with Gasteiger partial charge in [-0.05, 0) is 12.3 Å². The van der Waals surface area contributed by atoms with Gasteiger partial charge >= 0.3 is 17.9 Å². The van der Waals surface area contributed by atoms with E-state index in [-0.39, 0.29) is 12.8 Å². The molecule has 0 bridgehead atoms. The Morgan fingerprint density at radius 1 is 0.943 bits per heavy atom. The number of nitrogens with two attached hydrogens (primary N) is 1. The maximum atomic E-state index is 12.9. The van der Waals surface area contributed by atoms with Gasteiger partial charge in [0.25, 0.3) is 0 Å². The second-order valence-corrected chi connectivity index (χ2v) is 8.11. The van der Waals surface area contributed by atoms with Crippen LogP contribution in [0.4, 0.5) is 0 Å². The molecular formula is C20H30N6O9. The zero-order chi connectivity index (χ0) is 26.7. The fraction of sp³-hybridized carbons (Fsp3) is 0.550. The van der Waals surface area contributed by atoms with Gasteiger partial charge in [-0.3, -0.25) is 24.0 Å². The SMILES string of the molecule is CC(C)C(NC(=O)C(CCC(=O)O)NC(=O)C(N)Cc1cnc[nH]1)C(=O)NC(CC(=O)O)C(=O)O. The summed E-state index contributed by atoms with van der Waals surface area (Å²) in [5.74, 6) is -7.43. The molecule has 0 saturated carbocycles. The van der Waals surface area contributed by atoms with Gasteiger partial charge in [-0.1, -0.05) is 13.8 Å².